The van der Waals surface area contributed by atoms with Crippen molar-refractivity contribution in [1.82, 2.24) is 4.98 Å². The molecule has 0 aliphatic carbocycles. The lowest BCUT2D eigenvalue weighted by atomic mass is 10.2. The highest BCUT2D eigenvalue weighted by molar-refractivity contribution is 6.43. The van der Waals surface area contributed by atoms with Crippen LogP contribution in [0.2, 0.25) is 10.0 Å². The van der Waals surface area contributed by atoms with E-state index in [1.54, 1.807) is 30.5 Å². The Balaban J connectivity index is 1.80. The summed E-state index contributed by atoms with van der Waals surface area (Å²) in [6, 6.07) is 14.6. The van der Waals surface area contributed by atoms with Crippen LogP contribution in [0.4, 0.5) is 17.1 Å². The third kappa shape index (κ3) is 4.10. The molecule has 0 atom stereocenters. The third-order valence-electron chi connectivity index (χ3n) is 3.62. The molecule has 3 aromatic rings. The maximum Gasteiger partial charge on any atom is 0.257 e. The number of nitrogens with one attached hydrogen (secondary N) is 2. The molecule has 0 radical (unpaired) electrons. The summed E-state index contributed by atoms with van der Waals surface area (Å²) in [4.78, 5) is 16.6. The molecule has 0 fully saturated rings. The normalized spacial score (nSPS) is 10.4. The fourth-order valence-corrected chi connectivity index (χ4v) is 2.64. The van der Waals surface area contributed by atoms with Gasteiger partial charge in [-0.25, -0.2) is 0 Å². The van der Waals surface area contributed by atoms with Crippen molar-refractivity contribution in [3.8, 4) is 0 Å². The Hall–Kier alpha value is -2.56. The van der Waals surface area contributed by atoms with Crippen LogP contribution in [0.3, 0.4) is 0 Å². The smallest absolute Gasteiger partial charge is 0.257 e. The minimum absolute atomic E-state index is 0.234. The first-order valence-electron chi connectivity index (χ1n) is 7.57. The molecule has 2 aromatic carbocycles. The van der Waals surface area contributed by atoms with Crippen LogP contribution in [-0.2, 0) is 0 Å². The van der Waals surface area contributed by atoms with Gasteiger partial charge in [-0.2, -0.15) is 0 Å². The predicted octanol–water partition coefficient (Wildman–Crippen LogP) is 5.69. The summed E-state index contributed by atoms with van der Waals surface area (Å²) in [6.45, 7) is 1.94. The van der Waals surface area contributed by atoms with Crippen LogP contribution in [0.5, 0.6) is 0 Å². The second-order valence-electron chi connectivity index (χ2n) is 5.46. The molecule has 25 heavy (non-hydrogen) atoms. The summed E-state index contributed by atoms with van der Waals surface area (Å²) in [5.41, 5.74) is 3.48. The van der Waals surface area contributed by atoms with Crippen molar-refractivity contribution in [2.45, 2.75) is 6.92 Å². The number of amides is 1. The van der Waals surface area contributed by atoms with Gasteiger partial charge in [0, 0.05) is 11.9 Å². The van der Waals surface area contributed by atoms with Crippen molar-refractivity contribution >= 4 is 46.2 Å². The molecular formula is C19H15Cl2N3O. The average Bonchev–Trinajstić information content (AvgIpc) is 2.61. The fraction of sp³-hybridized carbons (Fsp3) is 0.0526. The van der Waals surface area contributed by atoms with Gasteiger partial charge in [0.2, 0.25) is 0 Å². The molecule has 2 N–H and O–H groups in total. The molecule has 0 spiro atoms. The molecule has 6 heteroatoms. The number of hydrogen-bond donors (Lipinski definition) is 2. The molecule has 1 aromatic heterocycles. The van der Waals surface area contributed by atoms with Crippen molar-refractivity contribution in [2.24, 2.45) is 0 Å². The fourth-order valence-electron chi connectivity index (χ4n) is 2.30. The average molecular weight is 372 g/mol. The van der Waals surface area contributed by atoms with Gasteiger partial charge in [0.05, 0.1) is 33.2 Å². The summed E-state index contributed by atoms with van der Waals surface area (Å²) in [5.74, 6) is -0.234. The van der Waals surface area contributed by atoms with Crippen molar-refractivity contribution < 1.29 is 4.79 Å². The number of anilines is 3. The van der Waals surface area contributed by atoms with E-state index in [1.165, 1.54) is 6.20 Å². The highest BCUT2D eigenvalue weighted by atomic mass is 35.5. The molecule has 0 saturated heterocycles. The lowest BCUT2D eigenvalue weighted by Crippen LogP contribution is -2.13. The number of benzene rings is 2. The number of rotatable bonds is 4. The zero-order chi connectivity index (χ0) is 17.8. The van der Waals surface area contributed by atoms with Gasteiger partial charge in [-0.15, -0.1) is 0 Å². The molecule has 0 saturated carbocycles. The number of halogens is 2. The minimum atomic E-state index is -0.234. The SMILES string of the molecule is Cc1ccccc1NC(=O)c1cncc(Nc2cccc(Cl)c2Cl)c1. The number of carbonyl (C=O) groups excluding carboxylic acids is 1. The first-order chi connectivity index (χ1) is 12.0. The molecule has 126 valence electrons. The third-order valence-corrected chi connectivity index (χ3v) is 4.44. The summed E-state index contributed by atoms with van der Waals surface area (Å²) in [6.07, 6.45) is 3.13. The van der Waals surface area contributed by atoms with Gasteiger partial charge >= 0.3 is 0 Å². The van der Waals surface area contributed by atoms with E-state index in [-0.39, 0.29) is 5.91 Å². The minimum Gasteiger partial charge on any atom is -0.353 e. The van der Waals surface area contributed by atoms with Crippen LogP contribution in [0.1, 0.15) is 15.9 Å². The number of pyridine rings is 1. The summed E-state index contributed by atoms with van der Waals surface area (Å²) in [5, 5.41) is 6.88. The van der Waals surface area contributed by atoms with E-state index < -0.39 is 0 Å². The van der Waals surface area contributed by atoms with E-state index in [0.29, 0.717) is 27.0 Å². The van der Waals surface area contributed by atoms with Gasteiger partial charge in [-0.3, -0.25) is 9.78 Å². The Labute approximate surface area is 155 Å². The summed E-state index contributed by atoms with van der Waals surface area (Å²) in [7, 11) is 0. The summed E-state index contributed by atoms with van der Waals surface area (Å²) >= 11 is 12.2. The zero-order valence-corrected chi connectivity index (χ0v) is 14.9. The quantitative estimate of drug-likeness (QED) is 0.618. The van der Waals surface area contributed by atoms with Crippen LogP contribution in [0.25, 0.3) is 0 Å². The van der Waals surface area contributed by atoms with Gasteiger partial charge in [0.1, 0.15) is 0 Å². The molecule has 1 heterocycles. The Morgan fingerprint density at radius 3 is 2.56 bits per heavy atom. The first kappa shape index (κ1) is 17.3. The van der Waals surface area contributed by atoms with Crippen LogP contribution >= 0.6 is 23.2 Å². The van der Waals surface area contributed by atoms with Gasteiger partial charge in [0.25, 0.3) is 5.91 Å². The molecule has 0 unspecified atom stereocenters. The lowest BCUT2D eigenvalue weighted by molar-refractivity contribution is 0.102. The molecule has 3 rings (SSSR count). The van der Waals surface area contributed by atoms with Crippen LogP contribution < -0.4 is 10.6 Å². The van der Waals surface area contributed by atoms with Crippen molar-refractivity contribution in [3.63, 3.8) is 0 Å². The predicted molar refractivity (Wildman–Crippen MR) is 103 cm³/mol. The van der Waals surface area contributed by atoms with Crippen LogP contribution in [-0.4, -0.2) is 10.9 Å². The molecule has 1 amide bonds. The highest BCUT2D eigenvalue weighted by Gasteiger charge is 2.10. The van der Waals surface area contributed by atoms with Gasteiger partial charge in [-0.05, 0) is 36.8 Å². The Bertz CT molecular complexity index is 928. The van der Waals surface area contributed by atoms with E-state index in [1.807, 2.05) is 31.2 Å². The second-order valence-corrected chi connectivity index (χ2v) is 6.24. The van der Waals surface area contributed by atoms with Crippen molar-refractivity contribution in [3.05, 3.63) is 82.1 Å². The second kappa shape index (κ2) is 7.55. The maximum absolute atomic E-state index is 12.5. The van der Waals surface area contributed by atoms with E-state index in [9.17, 15) is 4.79 Å². The number of nitrogens with zero attached hydrogens (tertiary/aromatic N) is 1. The number of carbonyl (C=O) groups is 1. The van der Waals surface area contributed by atoms with E-state index in [2.05, 4.69) is 15.6 Å². The van der Waals surface area contributed by atoms with Gasteiger partial charge in [-0.1, -0.05) is 47.5 Å². The molecular weight excluding hydrogens is 357 g/mol. The number of para-hydroxylation sites is 1. The molecule has 0 aliphatic rings. The van der Waals surface area contributed by atoms with E-state index in [4.69, 9.17) is 23.2 Å². The van der Waals surface area contributed by atoms with Crippen molar-refractivity contribution in [1.29, 1.82) is 0 Å². The monoisotopic (exact) mass is 371 g/mol. The topological polar surface area (TPSA) is 54.0 Å². The van der Waals surface area contributed by atoms with Crippen LogP contribution in [0, 0.1) is 6.92 Å². The standard InChI is InChI=1S/C19H15Cl2N3O/c1-12-5-2-3-7-16(12)24-19(25)13-9-14(11-22-10-13)23-17-8-4-6-15(20)18(17)21/h2-11,23H,1H3,(H,24,25). The Morgan fingerprint density at radius 1 is 1.00 bits per heavy atom. The number of aryl methyl sites for hydroxylation is 1. The van der Waals surface area contributed by atoms with Crippen molar-refractivity contribution in [2.75, 3.05) is 10.6 Å². The maximum atomic E-state index is 12.5. The zero-order valence-electron chi connectivity index (χ0n) is 13.4. The highest BCUT2D eigenvalue weighted by Crippen LogP contribution is 2.31. The van der Waals surface area contributed by atoms with Crippen LogP contribution in [0.15, 0.2) is 60.9 Å². The molecule has 0 aliphatic heterocycles. The number of hydrogen-bond acceptors (Lipinski definition) is 3. The van der Waals surface area contributed by atoms with Gasteiger partial charge < -0.3 is 10.6 Å². The summed E-state index contributed by atoms with van der Waals surface area (Å²) < 4.78 is 0. The lowest BCUT2D eigenvalue weighted by Gasteiger charge is -2.11. The largest absolute Gasteiger partial charge is 0.353 e. The van der Waals surface area contributed by atoms with E-state index in [0.717, 1.165) is 11.3 Å². The Kier molecular flexibility index (Phi) is 5.22. The van der Waals surface area contributed by atoms with E-state index >= 15 is 0 Å². The number of aromatic nitrogens is 1. The first-order valence-corrected chi connectivity index (χ1v) is 8.33. The molecule has 0 bridgehead atoms. The van der Waals surface area contributed by atoms with Gasteiger partial charge in [0.15, 0.2) is 0 Å². The Morgan fingerprint density at radius 2 is 1.76 bits per heavy atom. The molecule has 4 nitrogen and oxygen atoms in total.